The summed E-state index contributed by atoms with van der Waals surface area (Å²) < 4.78 is 2.63. The second-order valence-electron chi connectivity index (χ2n) is 4.18. The van der Waals surface area contributed by atoms with Crippen molar-refractivity contribution < 1.29 is 4.79 Å². The third-order valence-electron chi connectivity index (χ3n) is 2.71. The molecule has 0 aliphatic rings. The first-order valence-corrected chi connectivity index (χ1v) is 6.26. The molecule has 0 aliphatic carbocycles. The summed E-state index contributed by atoms with van der Waals surface area (Å²) in [4.78, 5) is 12.1. The van der Waals surface area contributed by atoms with E-state index in [2.05, 4.69) is 21.2 Å². The smallest absolute Gasteiger partial charge is 0.272 e. The zero-order chi connectivity index (χ0) is 13.3. The normalized spacial score (nSPS) is 10.4. The van der Waals surface area contributed by atoms with Crippen LogP contribution in [0.25, 0.3) is 0 Å². The molecule has 0 spiro atoms. The molecule has 0 atom stereocenters. The van der Waals surface area contributed by atoms with Crippen molar-refractivity contribution in [1.29, 1.82) is 0 Å². The Labute approximate surface area is 114 Å². The Kier molecular flexibility index (Phi) is 3.43. The number of aryl methyl sites for hydroxylation is 2. The maximum absolute atomic E-state index is 12.1. The lowest BCUT2D eigenvalue weighted by atomic mass is 10.2. The van der Waals surface area contributed by atoms with Gasteiger partial charge < -0.3 is 15.6 Å². The van der Waals surface area contributed by atoms with Crippen LogP contribution in [0.1, 0.15) is 16.1 Å². The van der Waals surface area contributed by atoms with Crippen molar-refractivity contribution in [3.05, 3.63) is 46.2 Å². The molecule has 3 N–H and O–H groups in total. The van der Waals surface area contributed by atoms with Gasteiger partial charge in [-0.25, -0.2) is 0 Å². The topological polar surface area (TPSA) is 60.1 Å². The first kappa shape index (κ1) is 12.7. The van der Waals surface area contributed by atoms with Crippen molar-refractivity contribution >= 4 is 33.2 Å². The summed E-state index contributed by atoms with van der Waals surface area (Å²) in [5, 5.41) is 2.88. The number of hydrogen-bond donors (Lipinski definition) is 2. The monoisotopic (exact) mass is 307 g/mol. The Morgan fingerprint density at radius 1 is 1.39 bits per heavy atom. The fourth-order valence-electron chi connectivity index (χ4n) is 1.73. The molecular formula is C13H14BrN3O. The zero-order valence-corrected chi connectivity index (χ0v) is 11.8. The Bertz CT molecular complexity index is 604. The molecule has 94 valence electrons. The van der Waals surface area contributed by atoms with E-state index < -0.39 is 0 Å². The van der Waals surface area contributed by atoms with E-state index in [1.165, 1.54) is 0 Å². The van der Waals surface area contributed by atoms with Gasteiger partial charge in [-0.05, 0) is 30.7 Å². The summed E-state index contributed by atoms with van der Waals surface area (Å²) >= 11 is 3.38. The highest BCUT2D eigenvalue weighted by Crippen LogP contribution is 2.21. The first-order valence-electron chi connectivity index (χ1n) is 5.46. The van der Waals surface area contributed by atoms with Crippen LogP contribution in [0.3, 0.4) is 0 Å². The molecular weight excluding hydrogens is 294 g/mol. The van der Waals surface area contributed by atoms with Gasteiger partial charge in [0.05, 0.1) is 5.69 Å². The van der Waals surface area contributed by atoms with Gasteiger partial charge in [0, 0.05) is 23.4 Å². The van der Waals surface area contributed by atoms with Gasteiger partial charge in [-0.1, -0.05) is 22.0 Å². The molecule has 0 aliphatic heterocycles. The molecule has 1 aromatic heterocycles. The van der Waals surface area contributed by atoms with Gasteiger partial charge in [-0.3, -0.25) is 4.79 Å². The lowest BCUT2D eigenvalue weighted by molar-refractivity contribution is 0.101. The third kappa shape index (κ3) is 2.56. The summed E-state index contributed by atoms with van der Waals surface area (Å²) in [5.74, 6) is -0.171. The van der Waals surface area contributed by atoms with E-state index >= 15 is 0 Å². The molecule has 0 radical (unpaired) electrons. The molecule has 0 unspecified atom stereocenters. The van der Waals surface area contributed by atoms with Crippen LogP contribution in [-0.4, -0.2) is 10.5 Å². The Morgan fingerprint density at radius 2 is 2.11 bits per heavy atom. The number of nitrogens with zero attached hydrogens (tertiary/aromatic N) is 1. The molecule has 1 aromatic carbocycles. The van der Waals surface area contributed by atoms with Crippen LogP contribution in [0.4, 0.5) is 11.4 Å². The Hall–Kier alpha value is -1.75. The van der Waals surface area contributed by atoms with Crippen LogP contribution >= 0.6 is 15.9 Å². The van der Waals surface area contributed by atoms with Crippen molar-refractivity contribution in [2.45, 2.75) is 6.92 Å². The Morgan fingerprint density at radius 3 is 2.72 bits per heavy atom. The summed E-state index contributed by atoms with van der Waals surface area (Å²) in [6.07, 6.45) is 1.71. The largest absolute Gasteiger partial charge is 0.397 e. The highest BCUT2D eigenvalue weighted by molar-refractivity contribution is 9.10. The van der Waals surface area contributed by atoms with Gasteiger partial charge in [-0.2, -0.15) is 0 Å². The van der Waals surface area contributed by atoms with Crippen LogP contribution < -0.4 is 11.1 Å². The average molecular weight is 308 g/mol. The predicted octanol–water partition coefficient (Wildman–Crippen LogP) is 2.93. The number of rotatable bonds is 2. The Balaban J connectivity index is 2.26. The first-order chi connectivity index (χ1) is 8.47. The zero-order valence-electron chi connectivity index (χ0n) is 10.2. The standard InChI is InChI=1S/C13H14BrN3O/c1-8-3-4-9(14)5-11(8)16-13(18)12-6-10(15)7-17(12)2/h3-7H,15H2,1-2H3,(H,16,18). The number of nitrogens with one attached hydrogen (secondary N) is 1. The summed E-state index contributed by atoms with van der Waals surface area (Å²) in [5.41, 5.74) is 8.56. The van der Waals surface area contributed by atoms with Crippen molar-refractivity contribution in [2.75, 3.05) is 11.1 Å². The predicted molar refractivity (Wildman–Crippen MR) is 76.7 cm³/mol. The number of anilines is 2. The highest BCUT2D eigenvalue weighted by Gasteiger charge is 2.12. The number of nitrogens with two attached hydrogens (primary N) is 1. The van der Waals surface area contributed by atoms with Gasteiger partial charge in [0.15, 0.2) is 0 Å². The summed E-state index contributed by atoms with van der Waals surface area (Å²) in [6.45, 7) is 1.95. The van der Waals surface area contributed by atoms with E-state index in [9.17, 15) is 4.79 Å². The number of hydrogen-bond acceptors (Lipinski definition) is 2. The minimum atomic E-state index is -0.171. The number of carbonyl (C=O) groups is 1. The van der Waals surface area contributed by atoms with Crippen molar-refractivity contribution in [2.24, 2.45) is 7.05 Å². The number of nitrogen functional groups attached to an aromatic ring is 1. The minimum absolute atomic E-state index is 0.171. The van der Waals surface area contributed by atoms with Crippen LogP contribution in [0, 0.1) is 6.92 Å². The number of carbonyl (C=O) groups excluding carboxylic acids is 1. The summed E-state index contributed by atoms with van der Waals surface area (Å²) in [6, 6.07) is 7.41. The molecule has 5 heteroatoms. The molecule has 4 nitrogen and oxygen atoms in total. The number of halogens is 1. The lowest BCUT2D eigenvalue weighted by Crippen LogP contribution is -2.15. The van der Waals surface area contributed by atoms with Crippen molar-refractivity contribution in [1.82, 2.24) is 4.57 Å². The van der Waals surface area contributed by atoms with E-state index in [4.69, 9.17) is 5.73 Å². The van der Waals surface area contributed by atoms with Crippen LogP contribution in [0.2, 0.25) is 0 Å². The maximum atomic E-state index is 12.1. The molecule has 1 amide bonds. The highest BCUT2D eigenvalue weighted by atomic mass is 79.9. The molecule has 18 heavy (non-hydrogen) atoms. The molecule has 0 bridgehead atoms. The second-order valence-corrected chi connectivity index (χ2v) is 5.10. The average Bonchev–Trinajstić information content (AvgIpc) is 2.63. The van der Waals surface area contributed by atoms with Gasteiger partial charge in [0.1, 0.15) is 5.69 Å². The quantitative estimate of drug-likeness (QED) is 0.896. The van der Waals surface area contributed by atoms with Crippen LogP contribution in [0.5, 0.6) is 0 Å². The second kappa shape index (κ2) is 4.86. The molecule has 0 saturated heterocycles. The van der Waals surface area contributed by atoms with Crippen molar-refractivity contribution in [3.63, 3.8) is 0 Å². The van der Waals surface area contributed by atoms with Gasteiger partial charge in [-0.15, -0.1) is 0 Å². The molecule has 2 aromatic rings. The van der Waals surface area contributed by atoms with E-state index in [1.54, 1.807) is 23.9 Å². The fraction of sp³-hybridized carbons (Fsp3) is 0.154. The minimum Gasteiger partial charge on any atom is -0.397 e. The van der Waals surface area contributed by atoms with Crippen molar-refractivity contribution in [3.8, 4) is 0 Å². The molecule has 0 fully saturated rings. The van der Waals surface area contributed by atoms with Gasteiger partial charge >= 0.3 is 0 Å². The summed E-state index contributed by atoms with van der Waals surface area (Å²) in [7, 11) is 1.79. The van der Waals surface area contributed by atoms with E-state index in [-0.39, 0.29) is 5.91 Å². The van der Waals surface area contributed by atoms with Crippen LogP contribution in [-0.2, 0) is 7.05 Å². The SMILES string of the molecule is Cc1ccc(Br)cc1NC(=O)c1cc(N)cn1C. The molecule has 2 rings (SSSR count). The lowest BCUT2D eigenvalue weighted by Gasteiger charge is -2.09. The van der Waals surface area contributed by atoms with E-state index in [1.807, 2.05) is 25.1 Å². The fourth-order valence-corrected chi connectivity index (χ4v) is 2.09. The maximum Gasteiger partial charge on any atom is 0.272 e. The van der Waals surface area contributed by atoms with E-state index in [0.717, 1.165) is 15.7 Å². The number of benzene rings is 1. The molecule has 0 saturated carbocycles. The molecule has 1 heterocycles. The van der Waals surface area contributed by atoms with Gasteiger partial charge in [0.25, 0.3) is 5.91 Å². The van der Waals surface area contributed by atoms with Gasteiger partial charge in [0.2, 0.25) is 0 Å². The number of amides is 1. The third-order valence-corrected chi connectivity index (χ3v) is 3.20. The van der Waals surface area contributed by atoms with Crippen LogP contribution in [0.15, 0.2) is 34.9 Å². The number of aromatic nitrogens is 1. The van der Waals surface area contributed by atoms with E-state index in [0.29, 0.717) is 11.4 Å².